The first kappa shape index (κ1) is 22.4. The highest BCUT2D eigenvalue weighted by atomic mass is 35.5. The molecule has 0 aliphatic heterocycles. The van der Waals surface area contributed by atoms with Crippen LogP contribution < -0.4 is 5.56 Å². The number of aromatic amines is 1. The Bertz CT molecular complexity index is 1480. The summed E-state index contributed by atoms with van der Waals surface area (Å²) in [7, 11) is 0. The molecule has 0 aliphatic carbocycles. The number of aryl methyl sites for hydroxylation is 1. The zero-order valence-electron chi connectivity index (χ0n) is 17.4. The Balaban J connectivity index is 1.70. The van der Waals surface area contributed by atoms with Crippen molar-refractivity contribution in [2.75, 3.05) is 6.61 Å². The molecule has 0 aliphatic rings. The highest BCUT2D eigenvalue weighted by molar-refractivity contribution is 7.20. The van der Waals surface area contributed by atoms with Crippen molar-refractivity contribution in [2.45, 2.75) is 13.8 Å². The Hall–Kier alpha value is -3.76. The molecule has 0 fully saturated rings. The molecule has 0 radical (unpaired) electrons. The Morgan fingerprint density at radius 1 is 1.33 bits per heavy atom. The number of nitro groups is 1. The third kappa shape index (κ3) is 4.30. The van der Waals surface area contributed by atoms with Gasteiger partial charge in [-0.15, -0.1) is 11.3 Å². The van der Waals surface area contributed by atoms with E-state index >= 15 is 0 Å². The summed E-state index contributed by atoms with van der Waals surface area (Å²) < 4.78 is 10.7. The van der Waals surface area contributed by atoms with Crippen molar-refractivity contribution < 1.29 is 18.9 Å². The van der Waals surface area contributed by atoms with Gasteiger partial charge in [0.25, 0.3) is 11.2 Å². The van der Waals surface area contributed by atoms with Crippen molar-refractivity contribution in [3.63, 3.8) is 0 Å². The number of benzene rings is 1. The number of carbonyl (C=O) groups is 1. The van der Waals surface area contributed by atoms with Crippen LogP contribution in [0.4, 0.5) is 5.69 Å². The van der Waals surface area contributed by atoms with Crippen LogP contribution in [0.5, 0.6) is 0 Å². The van der Waals surface area contributed by atoms with Gasteiger partial charge in [-0.25, -0.2) is 9.78 Å². The Kier molecular flexibility index (Phi) is 6.12. The summed E-state index contributed by atoms with van der Waals surface area (Å²) in [6, 6.07) is 9.40. The number of ether oxygens (including phenoxy) is 1. The van der Waals surface area contributed by atoms with Crippen LogP contribution in [-0.4, -0.2) is 27.5 Å². The smallest absolute Gasteiger partial charge is 0.348 e. The van der Waals surface area contributed by atoms with Gasteiger partial charge in [-0.3, -0.25) is 14.9 Å². The number of carbonyl (C=O) groups excluding carboxylic acids is 1. The third-order valence-electron chi connectivity index (χ3n) is 4.75. The fourth-order valence-corrected chi connectivity index (χ4v) is 4.53. The van der Waals surface area contributed by atoms with Crippen LogP contribution in [0.3, 0.4) is 0 Å². The number of aromatic nitrogens is 2. The van der Waals surface area contributed by atoms with E-state index < -0.39 is 16.5 Å². The van der Waals surface area contributed by atoms with Gasteiger partial charge in [0.1, 0.15) is 21.2 Å². The van der Waals surface area contributed by atoms with Gasteiger partial charge in [-0.05, 0) is 37.6 Å². The first-order chi connectivity index (χ1) is 15.8. The first-order valence-electron chi connectivity index (χ1n) is 9.71. The maximum Gasteiger partial charge on any atom is 0.348 e. The third-order valence-corrected chi connectivity index (χ3v) is 6.20. The number of halogens is 1. The number of thiophene rings is 1. The zero-order chi connectivity index (χ0) is 23.7. The van der Waals surface area contributed by atoms with Gasteiger partial charge in [0.15, 0.2) is 5.82 Å². The molecule has 11 heteroatoms. The van der Waals surface area contributed by atoms with E-state index in [1.165, 1.54) is 12.1 Å². The largest absolute Gasteiger partial charge is 0.462 e. The maximum atomic E-state index is 12.6. The van der Waals surface area contributed by atoms with Crippen molar-refractivity contribution >= 4 is 55.9 Å². The molecule has 168 valence electrons. The number of nitrogens with one attached hydrogen (secondary N) is 1. The number of hydrogen-bond donors (Lipinski definition) is 1. The lowest BCUT2D eigenvalue weighted by atomic mass is 10.1. The van der Waals surface area contributed by atoms with E-state index in [0.717, 1.165) is 11.3 Å². The van der Waals surface area contributed by atoms with Crippen LogP contribution in [0.15, 0.2) is 45.6 Å². The highest BCUT2D eigenvalue weighted by Crippen LogP contribution is 2.33. The lowest BCUT2D eigenvalue weighted by Gasteiger charge is -2.00. The molecule has 3 aromatic heterocycles. The predicted octanol–water partition coefficient (Wildman–Crippen LogP) is 5.37. The number of nitro benzene ring substituents is 1. The second-order valence-corrected chi connectivity index (χ2v) is 8.25. The van der Waals surface area contributed by atoms with Crippen LogP contribution in [0.2, 0.25) is 0 Å². The van der Waals surface area contributed by atoms with Gasteiger partial charge in [-0.1, -0.05) is 23.7 Å². The molecule has 0 saturated heterocycles. The standard InChI is InChI=1S/C22H16ClN3O6S/c1-3-31-22(28)18-11(2)17-20(27)24-19(25-21(17)33-18)14(23)10-12-8-9-16(32-12)13-6-4-5-7-15(13)26(29)30/h4-10H,3H2,1-2H3,(H,24,25,27)/b14-10-. The molecule has 0 bridgehead atoms. The number of nitrogens with zero attached hydrogens (tertiary/aromatic N) is 2. The molecule has 4 rings (SSSR count). The summed E-state index contributed by atoms with van der Waals surface area (Å²) in [6.45, 7) is 3.57. The summed E-state index contributed by atoms with van der Waals surface area (Å²) in [5.41, 5.74) is 0.294. The van der Waals surface area contributed by atoms with Gasteiger partial charge in [0.2, 0.25) is 0 Å². The van der Waals surface area contributed by atoms with Crippen molar-refractivity contribution in [2.24, 2.45) is 0 Å². The molecule has 1 N–H and O–H groups in total. The SMILES string of the molecule is CCOC(=O)c1sc2nc(/C(Cl)=C/c3ccc(-c4ccccc4[N+](=O)[O-])o3)[nH]c(=O)c2c1C. The average Bonchev–Trinajstić information content (AvgIpc) is 3.38. The van der Waals surface area contributed by atoms with Crippen molar-refractivity contribution in [1.82, 2.24) is 9.97 Å². The van der Waals surface area contributed by atoms with E-state index in [0.29, 0.717) is 37.7 Å². The lowest BCUT2D eigenvalue weighted by Crippen LogP contribution is -2.10. The number of H-pyrrole nitrogens is 1. The van der Waals surface area contributed by atoms with Crippen molar-refractivity contribution in [3.8, 4) is 11.3 Å². The first-order valence-corrected chi connectivity index (χ1v) is 10.9. The summed E-state index contributed by atoms with van der Waals surface area (Å²) in [4.78, 5) is 43.2. The zero-order valence-corrected chi connectivity index (χ0v) is 19.0. The number of esters is 1. The molecule has 1 aromatic carbocycles. The van der Waals surface area contributed by atoms with Gasteiger partial charge in [0.05, 0.1) is 27.5 Å². The Morgan fingerprint density at radius 2 is 2.09 bits per heavy atom. The second kappa shape index (κ2) is 9.00. The molecule has 0 saturated carbocycles. The van der Waals surface area contributed by atoms with E-state index in [1.807, 2.05) is 0 Å². The number of para-hydroxylation sites is 1. The molecular weight excluding hydrogens is 470 g/mol. The van der Waals surface area contributed by atoms with Crippen LogP contribution in [0.25, 0.3) is 32.6 Å². The number of fused-ring (bicyclic) bond motifs is 1. The molecule has 0 unspecified atom stereocenters. The van der Waals surface area contributed by atoms with Crippen molar-refractivity contribution in [3.05, 3.63) is 78.9 Å². The van der Waals surface area contributed by atoms with E-state index in [2.05, 4.69) is 9.97 Å². The van der Waals surface area contributed by atoms with E-state index in [9.17, 15) is 19.7 Å². The molecule has 0 amide bonds. The summed E-state index contributed by atoms with van der Waals surface area (Å²) in [5.74, 6) is 0.182. The van der Waals surface area contributed by atoms with Gasteiger partial charge < -0.3 is 14.1 Å². The van der Waals surface area contributed by atoms with Crippen LogP contribution in [-0.2, 0) is 4.74 Å². The minimum absolute atomic E-state index is 0.0844. The molecular formula is C22H16ClN3O6S. The van der Waals surface area contributed by atoms with E-state index in [4.69, 9.17) is 20.8 Å². The monoisotopic (exact) mass is 485 g/mol. The topological polar surface area (TPSA) is 128 Å². The van der Waals surface area contributed by atoms with Gasteiger partial charge in [-0.2, -0.15) is 0 Å². The van der Waals surface area contributed by atoms with Crippen LogP contribution in [0.1, 0.15) is 33.7 Å². The normalized spacial score (nSPS) is 11.7. The predicted molar refractivity (Wildman–Crippen MR) is 125 cm³/mol. The average molecular weight is 486 g/mol. The molecule has 33 heavy (non-hydrogen) atoms. The number of rotatable bonds is 6. The molecule has 0 spiro atoms. The van der Waals surface area contributed by atoms with E-state index in [-0.39, 0.29) is 23.2 Å². The minimum atomic E-state index is -0.515. The van der Waals surface area contributed by atoms with Gasteiger partial charge >= 0.3 is 5.97 Å². The van der Waals surface area contributed by atoms with Crippen molar-refractivity contribution in [1.29, 1.82) is 0 Å². The van der Waals surface area contributed by atoms with E-state index in [1.54, 1.807) is 44.2 Å². The quantitative estimate of drug-likeness (QED) is 0.220. The maximum absolute atomic E-state index is 12.6. The Labute approximate surface area is 195 Å². The van der Waals surface area contributed by atoms with Gasteiger partial charge in [0, 0.05) is 12.1 Å². The summed E-state index contributed by atoms with van der Waals surface area (Å²) >= 11 is 7.43. The number of furan rings is 1. The van der Waals surface area contributed by atoms with Crippen LogP contribution in [0, 0.1) is 17.0 Å². The second-order valence-electron chi connectivity index (χ2n) is 6.84. The lowest BCUT2D eigenvalue weighted by molar-refractivity contribution is -0.384. The molecule has 0 atom stereocenters. The number of hydrogen-bond acceptors (Lipinski definition) is 8. The Morgan fingerprint density at radius 3 is 2.82 bits per heavy atom. The highest BCUT2D eigenvalue weighted by Gasteiger charge is 2.21. The summed E-state index contributed by atoms with van der Waals surface area (Å²) in [6.07, 6.45) is 1.44. The minimum Gasteiger partial charge on any atom is -0.462 e. The molecule has 3 heterocycles. The van der Waals surface area contributed by atoms with Crippen LogP contribution >= 0.6 is 22.9 Å². The summed E-state index contributed by atoms with van der Waals surface area (Å²) in [5, 5.41) is 11.7. The fourth-order valence-electron chi connectivity index (χ4n) is 3.26. The fraction of sp³-hybridized carbons (Fsp3) is 0.136. The molecule has 9 nitrogen and oxygen atoms in total. The molecule has 4 aromatic rings.